The number of hydrogen-bond donors (Lipinski definition) is 2. The van der Waals surface area contributed by atoms with Crippen LogP contribution < -0.4 is 11.1 Å². The molecule has 17 heavy (non-hydrogen) atoms. The molecule has 2 rings (SSSR count). The van der Waals surface area contributed by atoms with Crippen molar-refractivity contribution in [2.45, 2.75) is 18.9 Å². The third kappa shape index (κ3) is 4.12. The van der Waals surface area contributed by atoms with Crippen molar-refractivity contribution in [2.24, 2.45) is 11.7 Å². The number of rotatable bonds is 4. The molecule has 0 aromatic heterocycles. The summed E-state index contributed by atoms with van der Waals surface area (Å²) in [7, 11) is 0. The van der Waals surface area contributed by atoms with Gasteiger partial charge in [0.05, 0.1) is 5.56 Å². The maximum Gasteiger partial charge on any atom is 0.252 e. The highest BCUT2D eigenvalue weighted by Gasteiger charge is 2.28. The van der Waals surface area contributed by atoms with E-state index in [1.807, 2.05) is 24.3 Å². The van der Waals surface area contributed by atoms with Crippen molar-refractivity contribution in [2.75, 3.05) is 6.54 Å². The van der Waals surface area contributed by atoms with Crippen LogP contribution in [0.25, 0.3) is 0 Å². The van der Waals surface area contributed by atoms with E-state index in [1.54, 1.807) is 0 Å². The standard InChI is InChI=1S/C12H15IN2O.ClH/c13-10-4-2-1-3-9(10)12(16)15-7-11(14)8-5-6-8;/h1-4,8,11H,5-7,14H2,(H,15,16);1H. The molecule has 1 amide bonds. The molecule has 1 saturated carbocycles. The molecule has 0 spiro atoms. The molecule has 5 heteroatoms. The predicted octanol–water partition coefficient (Wildman–Crippen LogP) is 2.18. The van der Waals surface area contributed by atoms with Gasteiger partial charge in [-0.25, -0.2) is 0 Å². The maximum atomic E-state index is 11.8. The lowest BCUT2D eigenvalue weighted by Crippen LogP contribution is -2.38. The number of hydrogen-bond acceptors (Lipinski definition) is 2. The first-order valence-corrected chi connectivity index (χ1v) is 6.54. The number of nitrogens with two attached hydrogens (primary N) is 1. The van der Waals surface area contributed by atoms with E-state index in [0.29, 0.717) is 12.5 Å². The number of carbonyl (C=O) groups excluding carboxylic acids is 1. The van der Waals surface area contributed by atoms with E-state index in [4.69, 9.17) is 5.73 Å². The Morgan fingerprint density at radius 2 is 2.12 bits per heavy atom. The second-order valence-electron chi connectivity index (χ2n) is 4.19. The normalized spacial score (nSPS) is 15.9. The molecule has 1 aliphatic rings. The summed E-state index contributed by atoms with van der Waals surface area (Å²) in [5.41, 5.74) is 6.65. The number of carbonyl (C=O) groups is 1. The van der Waals surface area contributed by atoms with Crippen LogP contribution in [0.2, 0.25) is 0 Å². The van der Waals surface area contributed by atoms with Crippen molar-refractivity contribution in [3.63, 3.8) is 0 Å². The highest BCUT2D eigenvalue weighted by molar-refractivity contribution is 14.1. The zero-order valence-corrected chi connectivity index (χ0v) is 12.3. The quantitative estimate of drug-likeness (QED) is 0.803. The molecular weight excluding hydrogens is 351 g/mol. The van der Waals surface area contributed by atoms with Gasteiger partial charge in [-0.1, -0.05) is 12.1 Å². The van der Waals surface area contributed by atoms with Gasteiger partial charge in [-0.15, -0.1) is 12.4 Å². The molecule has 3 nitrogen and oxygen atoms in total. The number of nitrogens with one attached hydrogen (secondary N) is 1. The molecule has 94 valence electrons. The minimum atomic E-state index is -0.0268. The van der Waals surface area contributed by atoms with Gasteiger partial charge >= 0.3 is 0 Å². The van der Waals surface area contributed by atoms with Crippen LogP contribution in [0.4, 0.5) is 0 Å². The van der Waals surface area contributed by atoms with Crippen molar-refractivity contribution in [3.8, 4) is 0 Å². The molecule has 1 unspecified atom stereocenters. The van der Waals surface area contributed by atoms with Crippen LogP contribution in [0.3, 0.4) is 0 Å². The molecule has 0 radical (unpaired) electrons. The summed E-state index contributed by atoms with van der Waals surface area (Å²) >= 11 is 2.17. The van der Waals surface area contributed by atoms with Gasteiger partial charge in [-0.2, -0.15) is 0 Å². The minimum Gasteiger partial charge on any atom is -0.350 e. The van der Waals surface area contributed by atoms with Gasteiger partial charge in [0.25, 0.3) is 5.91 Å². The second-order valence-corrected chi connectivity index (χ2v) is 5.35. The number of halogens is 2. The van der Waals surface area contributed by atoms with Crippen LogP contribution in [0.15, 0.2) is 24.3 Å². The van der Waals surface area contributed by atoms with Crippen LogP contribution >= 0.6 is 35.0 Å². The van der Waals surface area contributed by atoms with Crippen LogP contribution in [0.1, 0.15) is 23.2 Å². The first-order chi connectivity index (χ1) is 7.68. The Balaban J connectivity index is 0.00000144. The average molecular weight is 367 g/mol. The number of benzene rings is 1. The van der Waals surface area contributed by atoms with Crippen molar-refractivity contribution >= 4 is 40.9 Å². The molecular formula is C12H16ClIN2O. The molecule has 0 bridgehead atoms. The summed E-state index contributed by atoms with van der Waals surface area (Å²) in [4.78, 5) is 11.8. The summed E-state index contributed by atoms with van der Waals surface area (Å²) in [5.74, 6) is 0.594. The van der Waals surface area contributed by atoms with Crippen LogP contribution in [-0.4, -0.2) is 18.5 Å². The third-order valence-corrected chi connectivity index (χ3v) is 3.78. The Morgan fingerprint density at radius 1 is 1.47 bits per heavy atom. The molecule has 1 fully saturated rings. The highest BCUT2D eigenvalue weighted by atomic mass is 127. The van der Waals surface area contributed by atoms with Gasteiger partial charge in [-0.05, 0) is 53.5 Å². The van der Waals surface area contributed by atoms with Crippen molar-refractivity contribution in [3.05, 3.63) is 33.4 Å². The Bertz CT molecular complexity index is 396. The second kappa shape index (κ2) is 6.56. The van der Waals surface area contributed by atoms with E-state index in [9.17, 15) is 4.79 Å². The highest BCUT2D eigenvalue weighted by Crippen LogP contribution is 2.31. The van der Waals surface area contributed by atoms with Gasteiger partial charge < -0.3 is 11.1 Å². The molecule has 0 aliphatic heterocycles. The Morgan fingerprint density at radius 3 is 2.71 bits per heavy atom. The summed E-state index contributed by atoms with van der Waals surface area (Å²) in [5, 5.41) is 2.89. The summed E-state index contributed by atoms with van der Waals surface area (Å²) in [6.07, 6.45) is 2.42. The maximum absolute atomic E-state index is 11.8. The van der Waals surface area contributed by atoms with Crippen LogP contribution in [0, 0.1) is 9.49 Å². The first kappa shape index (κ1) is 14.7. The van der Waals surface area contributed by atoms with E-state index in [0.717, 1.165) is 9.13 Å². The zero-order chi connectivity index (χ0) is 11.5. The topological polar surface area (TPSA) is 55.1 Å². The smallest absolute Gasteiger partial charge is 0.252 e. The molecule has 1 atom stereocenters. The summed E-state index contributed by atoms with van der Waals surface area (Å²) < 4.78 is 0.970. The predicted molar refractivity (Wildman–Crippen MR) is 79.4 cm³/mol. The van der Waals surface area contributed by atoms with Gasteiger partial charge in [0.2, 0.25) is 0 Å². The molecule has 0 heterocycles. The summed E-state index contributed by atoms with van der Waals surface area (Å²) in [6.45, 7) is 0.578. The lowest BCUT2D eigenvalue weighted by atomic mass is 10.2. The summed E-state index contributed by atoms with van der Waals surface area (Å²) in [6, 6.07) is 7.67. The van der Waals surface area contributed by atoms with E-state index >= 15 is 0 Å². The van der Waals surface area contributed by atoms with E-state index in [1.165, 1.54) is 12.8 Å². The monoisotopic (exact) mass is 366 g/mol. The van der Waals surface area contributed by atoms with Gasteiger partial charge in [0.15, 0.2) is 0 Å². The van der Waals surface area contributed by atoms with E-state index in [2.05, 4.69) is 27.9 Å². The Labute approximate surface area is 121 Å². The van der Waals surface area contributed by atoms with Gasteiger partial charge in [0, 0.05) is 16.2 Å². The SMILES string of the molecule is Cl.NC(CNC(=O)c1ccccc1I)C1CC1. The van der Waals surface area contributed by atoms with E-state index < -0.39 is 0 Å². The molecule has 3 N–H and O–H groups in total. The lowest BCUT2D eigenvalue weighted by Gasteiger charge is -2.12. The van der Waals surface area contributed by atoms with Crippen molar-refractivity contribution in [1.82, 2.24) is 5.32 Å². The van der Waals surface area contributed by atoms with Crippen LogP contribution in [0.5, 0.6) is 0 Å². The molecule has 0 saturated heterocycles. The van der Waals surface area contributed by atoms with Crippen molar-refractivity contribution < 1.29 is 4.79 Å². The lowest BCUT2D eigenvalue weighted by molar-refractivity contribution is 0.0949. The zero-order valence-electron chi connectivity index (χ0n) is 9.36. The average Bonchev–Trinajstić information content (AvgIpc) is 3.10. The fraction of sp³-hybridized carbons (Fsp3) is 0.417. The van der Waals surface area contributed by atoms with Crippen LogP contribution in [-0.2, 0) is 0 Å². The molecule has 1 aromatic carbocycles. The Hall–Kier alpha value is -0.330. The molecule has 1 aliphatic carbocycles. The van der Waals surface area contributed by atoms with Crippen molar-refractivity contribution in [1.29, 1.82) is 0 Å². The third-order valence-electron chi connectivity index (χ3n) is 2.84. The van der Waals surface area contributed by atoms with Gasteiger partial charge in [0.1, 0.15) is 0 Å². The fourth-order valence-corrected chi connectivity index (χ4v) is 2.27. The number of amides is 1. The molecule has 1 aromatic rings. The van der Waals surface area contributed by atoms with E-state index in [-0.39, 0.29) is 24.4 Å². The minimum absolute atomic E-state index is 0. The largest absolute Gasteiger partial charge is 0.350 e. The van der Waals surface area contributed by atoms with Gasteiger partial charge in [-0.3, -0.25) is 4.79 Å². The Kier molecular flexibility index (Phi) is 5.69. The fourth-order valence-electron chi connectivity index (χ4n) is 1.64. The first-order valence-electron chi connectivity index (χ1n) is 5.47.